The lowest BCUT2D eigenvalue weighted by Gasteiger charge is -2.43. The van der Waals surface area contributed by atoms with Crippen LogP contribution in [-0.2, 0) is 16.4 Å². The van der Waals surface area contributed by atoms with Gasteiger partial charge in [-0.3, -0.25) is 0 Å². The van der Waals surface area contributed by atoms with Gasteiger partial charge in [0.05, 0.1) is 22.5 Å². The highest BCUT2D eigenvalue weighted by Gasteiger charge is 2.42. The Kier molecular flexibility index (Phi) is 4.60. The molecule has 8 heteroatoms. The molecule has 160 valence electrons. The smallest absolute Gasteiger partial charge is 0.233 e. The van der Waals surface area contributed by atoms with Crippen LogP contribution in [0.1, 0.15) is 24.6 Å². The summed E-state index contributed by atoms with van der Waals surface area (Å²) in [4.78, 5) is 0.102. The van der Waals surface area contributed by atoms with Crippen molar-refractivity contribution >= 4 is 16.1 Å². The number of hydrogen-bond donors (Lipinski definition) is 0. The van der Waals surface area contributed by atoms with E-state index in [4.69, 9.17) is 0 Å². The Balaban J connectivity index is 1.46. The van der Waals surface area contributed by atoms with Crippen LogP contribution in [0.15, 0.2) is 65.2 Å². The Morgan fingerprint density at radius 3 is 2.32 bits per heavy atom. The maximum Gasteiger partial charge on any atom is 0.243 e. The number of rotatable bonds is 3. The first-order chi connectivity index (χ1) is 14.8. The first kappa shape index (κ1) is 20.1. The zero-order chi connectivity index (χ0) is 21.8. The van der Waals surface area contributed by atoms with Gasteiger partial charge in [0.2, 0.25) is 10.0 Å². The molecular weight excluding hydrogens is 420 g/mol. The Morgan fingerprint density at radius 1 is 1.00 bits per heavy atom. The second kappa shape index (κ2) is 7.10. The molecule has 1 saturated heterocycles. The van der Waals surface area contributed by atoms with Crippen molar-refractivity contribution in [2.24, 2.45) is 5.41 Å². The summed E-state index contributed by atoms with van der Waals surface area (Å²) < 4.78 is 56.1. The summed E-state index contributed by atoms with van der Waals surface area (Å²) in [5, 5.41) is 4.49. The van der Waals surface area contributed by atoms with Crippen molar-refractivity contribution in [1.82, 2.24) is 14.1 Å². The Labute approximate surface area is 179 Å². The van der Waals surface area contributed by atoms with Gasteiger partial charge in [-0.05, 0) is 73.0 Å². The van der Waals surface area contributed by atoms with Gasteiger partial charge in [-0.2, -0.15) is 9.40 Å². The molecule has 1 aliphatic carbocycles. The molecule has 2 aliphatic rings. The van der Waals surface area contributed by atoms with E-state index in [1.807, 2.05) is 0 Å². The molecule has 1 fully saturated rings. The predicted octanol–water partition coefficient (Wildman–Crippen LogP) is 4.19. The second-order valence-corrected chi connectivity index (χ2v) is 10.3. The van der Waals surface area contributed by atoms with Crippen LogP contribution in [-0.4, -0.2) is 35.6 Å². The summed E-state index contributed by atoms with van der Waals surface area (Å²) in [6.07, 6.45) is 5.15. The average Bonchev–Trinajstić information content (AvgIpc) is 3.14. The van der Waals surface area contributed by atoms with Gasteiger partial charge in [-0.15, -0.1) is 0 Å². The third-order valence-corrected chi connectivity index (χ3v) is 8.09. The molecule has 3 aromatic rings. The summed E-state index contributed by atoms with van der Waals surface area (Å²) in [5.41, 5.74) is 3.58. The van der Waals surface area contributed by atoms with Crippen LogP contribution >= 0.6 is 0 Å². The van der Waals surface area contributed by atoms with Crippen LogP contribution in [0.4, 0.5) is 8.78 Å². The van der Waals surface area contributed by atoms with Crippen LogP contribution in [0.2, 0.25) is 0 Å². The summed E-state index contributed by atoms with van der Waals surface area (Å²) >= 11 is 0. The van der Waals surface area contributed by atoms with E-state index in [1.165, 1.54) is 46.3 Å². The van der Waals surface area contributed by atoms with Crippen molar-refractivity contribution in [2.75, 3.05) is 13.1 Å². The molecule has 0 saturated carbocycles. The van der Waals surface area contributed by atoms with E-state index in [1.54, 1.807) is 23.0 Å². The normalized spacial score (nSPS) is 21.3. The van der Waals surface area contributed by atoms with Gasteiger partial charge in [0, 0.05) is 18.5 Å². The second-order valence-electron chi connectivity index (χ2n) is 8.39. The lowest BCUT2D eigenvalue weighted by molar-refractivity contribution is 0.231. The molecule has 0 spiro atoms. The molecule has 0 amide bonds. The molecule has 31 heavy (non-hydrogen) atoms. The van der Waals surface area contributed by atoms with Gasteiger partial charge in [0.25, 0.3) is 0 Å². The summed E-state index contributed by atoms with van der Waals surface area (Å²) in [6, 6.07) is 11.1. The van der Waals surface area contributed by atoms with Gasteiger partial charge in [-0.1, -0.05) is 12.5 Å². The van der Waals surface area contributed by atoms with Gasteiger partial charge >= 0.3 is 0 Å². The molecule has 5 rings (SSSR count). The number of aromatic nitrogens is 2. The molecule has 2 aromatic carbocycles. The van der Waals surface area contributed by atoms with Gasteiger partial charge in [-0.25, -0.2) is 21.9 Å². The first-order valence-electron chi connectivity index (χ1n) is 10.1. The van der Waals surface area contributed by atoms with Crippen molar-refractivity contribution in [3.05, 3.63) is 83.2 Å². The van der Waals surface area contributed by atoms with E-state index in [-0.39, 0.29) is 16.1 Å². The average molecular weight is 442 g/mol. The van der Waals surface area contributed by atoms with E-state index in [9.17, 15) is 17.2 Å². The predicted molar refractivity (Wildman–Crippen MR) is 113 cm³/mol. The minimum Gasteiger partial charge on any atom is -0.233 e. The lowest BCUT2D eigenvalue weighted by atomic mass is 9.70. The number of halogens is 2. The fraction of sp³-hybridized carbons (Fsp3) is 0.261. The molecule has 1 unspecified atom stereocenters. The van der Waals surface area contributed by atoms with E-state index in [2.05, 4.69) is 18.1 Å². The first-order valence-corrected chi connectivity index (χ1v) is 11.5. The monoisotopic (exact) mass is 441 g/mol. The standard InChI is InChI=1S/C23H21F2N3O2S/c1-23-13-16-14-26-28(20-6-2-18(24)3-7-20)22(16)12-17(23)10-11-27(15-23)31(29,30)21-8-4-19(25)5-9-21/h2-9,12,14H,10-11,13,15H2,1H3. The van der Waals surface area contributed by atoms with E-state index in [0.29, 0.717) is 25.9 Å². The van der Waals surface area contributed by atoms with Gasteiger partial charge < -0.3 is 0 Å². The van der Waals surface area contributed by atoms with Crippen molar-refractivity contribution in [2.45, 2.75) is 24.7 Å². The third kappa shape index (κ3) is 3.40. The third-order valence-electron chi connectivity index (χ3n) is 6.23. The largest absolute Gasteiger partial charge is 0.243 e. The summed E-state index contributed by atoms with van der Waals surface area (Å²) in [6.45, 7) is 2.78. The van der Waals surface area contributed by atoms with Gasteiger partial charge in [0.15, 0.2) is 0 Å². The Bertz CT molecular complexity index is 1280. The molecule has 0 bridgehead atoms. The summed E-state index contributed by atoms with van der Waals surface area (Å²) in [7, 11) is -3.70. The number of sulfonamides is 1. The van der Waals surface area contributed by atoms with E-state index in [0.717, 1.165) is 16.9 Å². The maximum absolute atomic E-state index is 13.3. The van der Waals surface area contributed by atoms with Crippen molar-refractivity contribution in [3.8, 4) is 5.69 Å². The number of nitrogens with zero attached hydrogens (tertiary/aromatic N) is 3. The maximum atomic E-state index is 13.3. The SMILES string of the molecule is CC12Cc3cnn(-c4ccc(F)cc4)c3C=C1CCN(S(=O)(=O)c1ccc(F)cc1)C2. The van der Waals surface area contributed by atoms with Gasteiger partial charge in [0.1, 0.15) is 11.6 Å². The molecule has 1 aliphatic heterocycles. The van der Waals surface area contributed by atoms with Crippen molar-refractivity contribution in [3.63, 3.8) is 0 Å². The topological polar surface area (TPSA) is 55.2 Å². The molecule has 1 atom stereocenters. The highest BCUT2D eigenvalue weighted by Crippen LogP contribution is 2.44. The zero-order valence-corrected chi connectivity index (χ0v) is 17.7. The minimum absolute atomic E-state index is 0.102. The van der Waals surface area contributed by atoms with Crippen LogP contribution in [0.3, 0.4) is 0 Å². The summed E-state index contributed by atoms with van der Waals surface area (Å²) in [5.74, 6) is -0.766. The molecule has 0 radical (unpaired) electrons. The quantitative estimate of drug-likeness (QED) is 0.613. The molecule has 0 N–H and O–H groups in total. The van der Waals surface area contributed by atoms with Crippen LogP contribution in [0.5, 0.6) is 0 Å². The highest BCUT2D eigenvalue weighted by atomic mass is 32.2. The molecule has 5 nitrogen and oxygen atoms in total. The number of piperidine rings is 1. The highest BCUT2D eigenvalue weighted by molar-refractivity contribution is 7.89. The minimum atomic E-state index is -3.70. The Hall–Kier alpha value is -2.84. The zero-order valence-electron chi connectivity index (χ0n) is 16.9. The fourth-order valence-electron chi connectivity index (χ4n) is 4.55. The Morgan fingerprint density at radius 2 is 1.65 bits per heavy atom. The van der Waals surface area contributed by atoms with Crippen molar-refractivity contribution in [1.29, 1.82) is 0 Å². The van der Waals surface area contributed by atoms with Crippen LogP contribution < -0.4 is 0 Å². The van der Waals surface area contributed by atoms with Crippen LogP contribution in [0, 0.1) is 17.0 Å². The van der Waals surface area contributed by atoms with Crippen LogP contribution in [0.25, 0.3) is 11.8 Å². The fourth-order valence-corrected chi connectivity index (χ4v) is 6.11. The number of hydrogen-bond acceptors (Lipinski definition) is 3. The van der Waals surface area contributed by atoms with Crippen molar-refractivity contribution < 1.29 is 17.2 Å². The number of fused-ring (bicyclic) bond motifs is 2. The number of benzene rings is 2. The lowest BCUT2D eigenvalue weighted by Crippen LogP contribution is -2.47. The molecule has 1 aromatic heterocycles. The molecule has 2 heterocycles. The van der Waals surface area contributed by atoms with E-state index < -0.39 is 15.8 Å². The van der Waals surface area contributed by atoms with E-state index >= 15 is 0 Å². The molecular formula is C23H21F2N3O2S.